The molecule has 1 aliphatic heterocycles. The molecule has 120 valence electrons. The molecule has 1 aromatic carbocycles. The van der Waals surface area contributed by atoms with Crippen LogP contribution in [0.1, 0.15) is 45.1 Å². The van der Waals surface area contributed by atoms with Crippen LogP contribution in [0.25, 0.3) is 10.9 Å². The van der Waals surface area contributed by atoms with Crippen LogP contribution < -0.4 is 4.90 Å². The van der Waals surface area contributed by atoms with Crippen molar-refractivity contribution in [1.29, 1.82) is 0 Å². The number of aromatic nitrogens is 1. The minimum Gasteiger partial charge on any atom is -0.313 e. The quantitative estimate of drug-likeness (QED) is 0.664. The third-order valence-electron chi connectivity index (χ3n) is 5.82. The summed E-state index contributed by atoms with van der Waals surface area (Å²) in [6.45, 7) is 4.62. The second-order valence-electron chi connectivity index (χ2n) is 7.79. The van der Waals surface area contributed by atoms with Gasteiger partial charge in [-0.3, -0.25) is 9.78 Å². The third-order valence-corrected chi connectivity index (χ3v) is 6.31. The molecule has 0 N–H and O–H groups in total. The van der Waals surface area contributed by atoms with E-state index in [9.17, 15) is 4.79 Å². The van der Waals surface area contributed by atoms with E-state index in [1.165, 1.54) is 5.56 Å². The van der Waals surface area contributed by atoms with Crippen LogP contribution in [0, 0.1) is 5.41 Å². The molecule has 1 aliphatic carbocycles. The fraction of sp³-hybridized carbons (Fsp3) is 0.474. The third kappa shape index (κ3) is 2.07. The van der Waals surface area contributed by atoms with E-state index in [1.54, 1.807) is 0 Å². The zero-order valence-corrected chi connectivity index (χ0v) is 15.4. The smallest absolute Gasteiger partial charge is 0.237 e. The summed E-state index contributed by atoms with van der Waals surface area (Å²) in [6, 6.07) is 6.16. The van der Waals surface area contributed by atoms with Crippen LogP contribution in [0.2, 0.25) is 0 Å². The lowest BCUT2D eigenvalue weighted by atomic mass is 9.62. The summed E-state index contributed by atoms with van der Waals surface area (Å²) in [7, 11) is 1.89. The van der Waals surface area contributed by atoms with Crippen molar-refractivity contribution in [3.63, 3.8) is 0 Å². The standard InChI is InChI=1S/C19H21BrN2O/c1-18(2)6-8-19(9-7-18)16-13-10-12(20)4-5-14(13)21-11-15(16)22(3)17(19)23/h4-5,10-11H,6-9H2,1-3H3. The second-order valence-corrected chi connectivity index (χ2v) is 8.71. The summed E-state index contributed by atoms with van der Waals surface area (Å²) in [5.41, 5.74) is 3.13. The van der Waals surface area contributed by atoms with Crippen LogP contribution in [0.3, 0.4) is 0 Å². The number of pyridine rings is 1. The zero-order chi connectivity index (χ0) is 16.4. The maximum absolute atomic E-state index is 13.2. The maximum Gasteiger partial charge on any atom is 0.237 e. The van der Waals surface area contributed by atoms with Crippen molar-refractivity contribution in [2.24, 2.45) is 5.41 Å². The van der Waals surface area contributed by atoms with Crippen LogP contribution in [0.5, 0.6) is 0 Å². The second kappa shape index (κ2) is 4.79. The summed E-state index contributed by atoms with van der Waals surface area (Å²) in [4.78, 5) is 19.6. The number of hydrogen-bond acceptors (Lipinski definition) is 2. The summed E-state index contributed by atoms with van der Waals surface area (Å²) >= 11 is 3.58. The molecule has 1 spiro atoms. The molecule has 0 radical (unpaired) electrons. The van der Waals surface area contributed by atoms with Gasteiger partial charge in [-0.2, -0.15) is 0 Å². The van der Waals surface area contributed by atoms with E-state index in [1.807, 2.05) is 30.3 Å². The Balaban J connectivity index is 1.98. The molecule has 1 amide bonds. The Morgan fingerprint density at radius 2 is 1.87 bits per heavy atom. The van der Waals surface area contributed by atoms with Gasteiger partial charge in [0.2, 0.25) is 5.91 Å². The number of fused-ring (bicyclic) bond motifs is 4. The van der Waals surface area contributed by atoms with Gasteiger partial charge in [0, 0.05) is 22.5 Å². The lowest BCUT2D eigenvalue weighted by Gasteiger charge is -2.40. The molecule has 0 bridgehead atoms. The SMILES string of the molecule is CN1C(=O)C2(CCC(C)(C)CC2)c2c1cnc1ccc(Br)cc21. The first-order chi connectivity index (χ1) is 10.8. The first kappa shape index (κ1) is 15.1. The predicted molar refractivity (Wildman–Crippen MR) is 96.8 cm³/mol. The lowest BCUT2D eigenvalue weighted by molar-refractivity contribution is -0.124. The van der Waals surface area contributed by atoms with Gasteiger partial charge < -0.3 is 4.90 Å². The first-order valence-electron chi connectivity index (χ1n) is 8.21. The molecular formula is C19H21BrN2O. The largest absolute Gasteiger partial charge is 0.313 e. The number of benzene rings is 1. The van der Waals surface area contributed by atoms with Gasteiger partial charge in [0.05, 0.1) is 22.8 Å². The molecule has 23 heavy (non-hydrogen) atoms. The first-order valence-corrected chi connectivity index (χ1v) is 9.00. The highest BCUT2D eigenvalue weighted by molar-refractivity contribution is 9.10. The van der Waals surface area contributed by atoms with E-state index in [0.717, 1.165) is 46.7 Å². The van der Waals surface area contributed by atoms with E-state index in [2.05, 4.69) is 40.8 Å². The van der Waals surface area contributed by atoms with Crippen molar-refractivity contribution in [2.75, 3.05) is 11.9 Å². The average molecular weight is 373 g/mol. The van der Waals surface area contributed by atoms with Gasteiger partial charge in [0.1, 0.15) is 0 Å². The number of hydrogen-bond donors (Lipinski definition) is 0. The Hall–Kier alpha value is -1.42. The summed E-state index contributed by atoms with van der Waals surface area (Å²) in [6.07, 6.45) is 5.91. The molecule has 0 unspecified atom stereocenters. The highest BCUT2D eigenvalue weighted by atomic mass is 79.9. The minimum absolute atomic E-state index is 0.247. The molecule has 0 saturated heterocycles. The van der Waals surface area contributed by atoms with Crippen LogP contribution in [0.4, 0.5) is 5.69 Å². The van der Waals surface area contributed by atoms with Crippen LogP contribution in [0.15, 0.2) is 28.9 Å². The van der Waals surface area contributed by atoms with E-state index in [-0.39, 0.29) is 11.3 Å². The molecule has 3 nitrogen and oxygen atoms in total. The molecular weight excluding hydrogens is 352 g/mol. The van der Waals surface area contributed by atoms with Crippen molar-refractivity contribution < 1.29 is 4.79 Å². The van der Waals surface area contributed by atoms with Gasteiger partial charge in [0.25, 0.3) is 0 Å². The Morgan fingerprint density at radius 3 is 2.57 bits per heavy atom. The van der Waals surface area contributed by atoms with Gasteiger partial charge in [-0.05, 0) is 49.3 Å². The van der Waals surface area contributed by atoms with E-state index in [4.69, 9.17) is 0 Å². The highest BCUT2D eigenvalue weighted by Crippen LogP contribution is 2.55. The number of anilines is 1. The number of rotatable bonds is 0. The van der Waals surface area contributed by atoms with E-state index in [0.29, 0.717) is 5.41 Å². The molecule has 4 rings (SSSR count). The number of amides is 1. The number of carbonyl (C=O) groups excluding carboxylic acids is 1. The van der Waals surface area contributed by atoms with Crippen molar-refractivity contribution in [3.8, 4) is 0 Å². The Kier molecular flexibility index (Phi) is 3.15. The van der Waals surface area contributed by atoms with Gasteiger partial charge >= 0.3 is 0 Å². The molecule has 1 fully saturated rings. The van der Waals surface area contributed by atoms with E-state index >= 15 is 0 Å². The van der Waals surface area contributed by atoms with Crippen LogP contribution in [-0.2, 0) is 10.2 Å². The molecule has 0 atom stereocenters. The lowest BCUT2D eigenvalue weighted by Crippen LogP contribution is -2.43. The van der Waals surface area contributed by atoms with Gasteiger partial charge in [-0.15, -0.1) is 0 Å². The van der Waals surface area contributed by atoms with Crippen molar-refractivity contribution >= 4 is 38.4 Å². The summed E-state index contributed by atoms with van der Waals surface area (Å²) < 4.78 is 1.04. The molecule has 2 heterocycles. The fourth-order valence-corrected chi connectivity index (χ4v) is 4.63. The molecule has 1 aromatic heterocycles. The number of carbonyl (C=O) groups is 1. The van der Waals surface area contributed by atoms with Crippen LogP contribution >= 0.6 is 15.9 Å². The number of nitrogens with zero attached hydrogens (tertiary/aromatic N) is 2. The predicted octanol–water partition coefficient (Wildman–Crippen LogP) is 4.81. The molecule has 2 aromatic rings. The van der Waals surface area contributed by atoms with Gasteiger partial charge in [-0.25, -0.2) is 0 Å². The molecule has 4 heteroatoms. The van der Waals surface area contributed by atoms with Gasteiger partial charge in [-0.1, -0.05) is 29.8 Å². The van der Waals surface area contributed by atoms with Crippen molar-refractivity contribution in [3.05, 3.63) is 34.4 Å². The number of halogens is 1. The zero-order valence-electron chi connectivity index (χ0n) is 13.8. The number of likely N-dealkylation sites (N-methyl/N-ethyl adjacent to an activating group) is 1. The molecule has 2 aliphatic rings. The normalized spacial score (nSPS) is 21.9. The van der Waals surface area contributed by atoms with E-state index < -0.39 is 0 Å². The molecule has 1 saturated carbocycles. The monoisotopic (exact) mass is 372 g/mol. The fourth-order valence-electron chi connectivity index (χ4n) is 4.27. The summed E-state index contributed by atoms with van der Waals surface area (Å²) in [5.74, 6) is 0.247. The van der Waals surface area contributed by atoms with Crippen molar-refractivity contribution in [1.82, 2.24) is 4.98 Å². The summed E-state index contributed by atoms with van der Waals surface area (Å²) in [5, 5.41) is 1.12. The minimum atomic E-state index is -0.360. The maximum atomic E-state index is 13.2. The average Bonchev–Trinajstić information content (AvgIpc) is 2.73. The van der Waals surface area contributed by atoms with Crippen LogP contribution in [-0.4, -0.2) is 17.9 Å². The Bertz CT molecular complexity index is 817. The Morgan fingerprint density at radius 1 is 1.17 bits per heavy atom. The Labute approximate surface area is 145 Å². The van der Waals surface area contributed by atoms with Gasteiger partial charge in [0.15, 0.2) is 0 Å². The van der Waals surface area contributed by atoms with Crippen molar-refractivity contribution in [2.45, 2.75) is 44.9 Å². The topological polar surface area (TPSA) is 33.2 Å². The highest BCUT2D eigenvalue weighted by Gasteiger charge is 2.53.